The smallest absolute Gasteiger partial charge is 0.413 e. The van der Waals surface area contributed by atoms with Crippen LogP contribution in [-0.2, 0) is 4.43 Å². The lowest BCUT2D eigenvalue weighted by Gasteiger charge is -2.15. The zero-order chi connectivity index (χ0) is 8.91. The van der Waals surface area contributed by atoms with E-state index in [1.807, 2.05) is 6.92 Å². The monoisotopic (exact) mass is 186 g/mol. The van der Waals surface area contributed by atoms with E-state index in [0.29, 0.717) is 0 Å². The Morgan fingerprint density at radius 3 is 2.36 bits per heavy atom. The van der Waals surface area contributed by atoms with Crippen molar-refractivity contribution in [1.29, 1.82) is 0 Å². The van der Waals surface area contributed by atoms with Crippen LogP contribution in [0.15, 0.2) is 0 Å². The van der Waals surface area contributed by atoms with Gasteiger partial charge in [-0.25, -0.2) is 0 Å². The molecule has 0 amide bonds. The Morgan fingerprint density at radius 2 is 2.00 bits per heavy atom. The van der Waals surface area contributed by atoms with E-state index < -0.39 is 22.0 Å². The maximum atomic E-state index is 11.8. The van der Waals surface area contributed by atoms with Gasteiger partial charge in [0.15, 0.2) is 9.76 Å². The average molecular weight is 186 g/mol. The summed E-state index contributed by atoms with van der Waals surface area (Å²) < 4.78 is 40.0. The summed E-state index contributed by atoms with van der Waals surface area (Å²) in [6, 6.07) is 0.820. The number of alkyl halides is 3. The molecule has 0 bridgehead atoms. The van der Waals surface area contributed by atoms with E-state index in [1.165, 1.54) is 0 Å². The minimum Gasteiger partial charge on any atom is -0.413 e. The molecule has 1 unspecified atom stereocenters. The van der Waals surface area contributed by atoms with Crippen molar-refractivity contribution in [2.24, 2.45) is 0 Å². The molecule has 0 radical (unpaired) electrons. The van der Waals surface area contributed by atoms with Crippen molar-refractivity contribution >= 4 is 9.76 Å². The first-order valence-corrected chi connectivity index (χ1v) is 5.24. The summed E-state index contributed by atoms with van der Waals surface area (Å²) in [5, 5.41) is 0. The van der Waals surface area contributed by atoms with E-state index in [4.69, 9.17) is 0 Å². The molecule has 0 heterocycles. The Balaban J connectivity index is 3.44. The van der Waals surface area contributed by atoms with E-state index in [0.717, 1.165) is 19.4 Å². The van der Waals surface area contributed by atoms with Crippen LogP contribution in [0.5, 0.6) is 0 Å². The summed E-state index contributed by atoms with van der Waals surface area (Å²) in [6.45, 7) is 3.00. The summed E-state index contributed by atoms with van der Waals surface area (Å²) in [4.78, 5) is 0. The standard InChI is InChI=1S/C6H13F3OSi/c1-3-4-11-10-5(2)6(7,8)9/h5H,3-4,11H2,1-2H3. The third-order valence-electron chi connectivity index (χ3n) is 1.33. The van der Waals surface area contributed by atoms with Crippen LogP contribution >= 0.6 is 0 Å². The van der Waals surface area contributed by atoms with E-state index in [2.05, 4.69) is 4.43 Å². The van der Waals surface area contributed by atoms with Gasteiger partial charge in [0.05, 0.1) is 0 Å². The van der Waals surface area contributed by atoms with Gasteiger partial charge in [-0.15, -0.1) is 0 Å². The molecule has 5 heteroatoms. The molecule has 0 rings (SSSR count). The van der Waals surface area contributed by atoms with Crippen LogP contribution in [0.4, 0.5) is 13.2 Å². The fourth-order valence-electron chi connectivity index (χ4n) is 0.499. The van der Waals surface area contributed by atoms with Gasteiger partial charge in [0.2, 0.25) is 0 Å². The van der Waals surface area contributed by atoms with Crippen molar-refractivity contribution < 1.29 is 17.6 Å². The van der Waals surface area contributed by atoms with Crippen molar-refractivity contribution in [3.63, 3.8) is 0 Å². The van der Waals surface area contributed by atoms with Gasteiger partial charge in [0.1, 0.15) is 6.10 Å². The zero-order valence-electron chi connectivity index (χ0n) is 6.74. The largest absolute Gasteiger partial charge is 0.413 e. The van der Waals surface area contributed by atoms with Gasteiger partial charge in [0.25, 0.3) is 0 Å². The Bertz CT molecular complexity index is 104. The molecular weight excluding hydrogens is 173 g/mol. The molecule has 0 aromatic heterocycles. The minimum atomic E-state index is -4.18. The van der Waals surface area contributed by atoms with Gasteiger partial charge < -0.3 is 4.43 Å². The van der Waals surface area contributed by atoms with Crippen molar-refractivity contribution in [3.05, 3.63) is 0 Å². The van der Waals surface area contributed by atoms with E-state index in [1.54, 1.807) is 0 Å². The number of hydrogen-bond donors (Lipinski definition) is 0. The van der Waals surface area contributed by atoms with Crippen LogP contribution in [-0.4, -0.2) is 22.0 Å². The second-order valence-electron chi connectivity index (χ2n) is 2.41. The second kappa shape index (κ2) is 4.77. The lowest BCUT2D eigenvalue weighted by molar-refractivity contribution is -0.189. The van der Waals surface area contributed by atoms with Crippen LogP contribution in [0, 0.1) is 0 Å². The molecule has 0 saturated carbocycles. The summed E-state index contributed by atoms with van der Waals surface area (Å²) in [7, 11) is -0.936. The fourth-order valence-corrected chi connectivity index (χ4v) is 1.50. The molecule has 0 aromatic carbocycles. The highest BCUT2D eigenvalue weighted by Crippen LogP contribution is 2.21. The van der Waals surface area contributed by atoms with E-state index in [-0.39, 0.29) is 0 Å². The highest BCUT2D eigenvalue weighted by molar-refractivity contribution is 6.27. The third-order valence-corrected chi connectivity index (χ3v) is 3.06. The molecule has 0 saturated heterocycles. The van der Waals surface area contributed by atoms with Crippen LogP contribution in [0.2, 0.25) is 6.04 Å². The molecular formula is C6H13F3OSi. The van der Waals surface area contributed by atoms with Gasteiger partial charge in [-0.2, -0.15) is 13.2 Å². The number of hydrogen-bond acceptors (Lipinski definition) is 1. The molecule has 0 N–H and O–H groups in total. The molecule has 11 heavy (non-hydrogen) atoms. The van der Waals surface area contributed by atoms with Gasteiger partial charge in [-0.1, -0.05) is 13.3 Å². The Kier molecular flexibility index (Phi) is 4.75. The molecule has 1 atom stereocenters. The van der Waals surface area contributed by atoms with Crippen LogP contribution in [0.25, 0.3) is 0 Å². The first-order chi connectivity index (χ1) is 4.98. The molecule has 0 aliphatic carbocycles. The van der Waals surface area contributed by atoms with Crippen molar-refractivity contribution in [2.45, 2.75) is 38.6 Å². The highest BCUT2D eigenvalue weighted by Gasteiger charge is 2.36. The third kappa shape index (κ3) is 5.26. The lowest BCUT2D eigenvalue weighted by atomic mass is 10.4. The first-order valence-electron chi connectivity index (χ1n) is 3.66. The molecule has 0 spiro atoms. The zero-order valence-corrected chi connectivity index (χ0v) is 8.16. The molecule has 0 aromatic rings. The maximum absolute atomic E-state index is 11.8. The molecule has 0 aliphatic rings. The predicted octanol–water partition coefficient (Wildman–Crippen LogP) is 1.87. The van der Waals surface area contributed by atoms with Crippen molar-refractivity contribution in [2.75, 3.05) is 0 Å². The summed E-state index contributed by atoms with van der Waals surface area (Å²) in [6.07, 6.45) is -4.84. The minimum absolute atomic E-state index is 0.820. The summed E-state index contributed by atoms with van der Waals surface area (Å²) >= 11 is 0. The van der Waals surface area contributed by atoms with Crippen LogP contribution < -0.4 is 0 Å². The lowest BCUT2D eigenvalue weighted by Crippen LogP contribution is -2.29. The van der Waals surface area contributed by atoms with Crippen LogP contribution in [0.1, 0.15) is 20.3 Å². The van der Waals surface area contributed by atoms with Gasteiger partial charge in [-0.05, 0) is 13.0 Å². The molecule has 1 nitrogen and oxygen atoms in total. The van der Waals surface area contributed by atoms with Crippen molar-refractivity contribution in [3.8, 4) is 0 Å². The molecule has 68 valence electrons. The fraction of sp³-hybridized carbons (Fsp3) is 1.00. The molecule has 0 aliphatic heterocycles. The number of rotatable bonds is 4. The van der Waals surface area contributed by atoms with Gasteiger partial charge in [-0.3, -0.25) is 0 Å². The Morgan fingerprint density at radius 1 is 1.45 bits per heavy atom. The summed E-state index contributed by atoms with van der Waals surface area (Å²) in [5.74, 6) is 0. The average Bonchev–Trinajstić information content (AvgIpc) is 1.86. The Hall–Kier alpha value is -0.0331. The normalized spacial score (nSPS) is 16.1. The SMILES string of the molecule is CCC[SiH2]OC(C)C(F)(F)F. The summed E-state index contributed by atoms with van der Waals surface area (Å²) in [5.41, 5.74) is 0. The van der Waals surface area contributed by atoms with Gasteiger partial charge >= 0.3 is 6.18 Å². The molecule has 0 fully saturated rings. The van der Waals surface area contributed by atoms with Gasteiger partial charge in [0, 0.05) is 0 Å². The van der Waals surface area contributed by atoms with E-state index in [9.17, 15) is 13.2 Å². The topological polar surface area (TPSA) is 9.23 Å². The van der Waals surface area contributed by atoms with Crippen molar-refractivity contribution in [1.82, 2.24) is 0 Å². The first kappa shape index (κ1) is 11.0. The number of halogens is 3. The highest BCUT2D eigenvalue weighted by atomic mass is 28.2. The van der Waals surface area contributed by atoms with E-state index >= 15 is 0 Å². The maximum Gasteiger partial charge on any atom is 0.413 e. The van der Waals surface area contributed by atoms with Crippen LogP contribution in [0.3, 0.4) is 0 Å². The Labute approximate surface area is 66.9 Å². The second-order valence-corrected chi connectivity index (χ2v) is 3.86. The quantitative estimate of drug-likeness (QED) is 0.481. The predicted molar refractivity (Wildman–Crippen MR) is 40.2 cm³/mol.